The van der Waals surface area contributed by atoms with Crippen LogP contribution in [0.1, 0.15) is 35.3 Å². The van der Waals surface area contributed by atoms with Crippen LogP contribution in [0.2, 0.25) is 5.02 Å². The number of rotatable bonds is 6. The molecular weight excluding hydrogens is 412 g/mol. The van der Waals surface area contributed by atoms with Crippen molar-refractivity contribution in [3.63, 3.8) is 0 Å². The number of aryl methyl sites for hydroxylation is 1. The van der Waals surface area contributed by atoms with Gasteiger partial charge in [-0.1, -0.05) is 11.6 Å². The second-order valence-electron chi connectivity index (χ2n) is 6.95. The van der Waals surface area contributed by atoms with Crippen molar-refractivity contribution in [3.8, 4) is 0 Å². The highest BCUT2D eigenvalue weighted by Gasteiger charge is 2.27. The number of amides is 3. The lowest BCUT2D eigenvalue weighted by atomic mass is 9.96. The first kappa shape index (κ1) is 21.3. The van der Waals surface area contributed by atoms with E-state index in [0.29, 0.717) is 41.6 Å². The minimum atomic E-state index is -0.234. The SMILES string of the molecule is Cc1csc(NC(=O)C2CCN(C(=O)CCNC(=O)c3ccc(Cl)cc3)CC2)n1. The van der Waals surface area contributed by atoms with Crippen molar-refractivity contribution in [2.45, 2.75) is 26.2 Å². The molecule has 154 valence electrons. The lowest BCUT2D eigenvalue weighted by molar-refractivity contribution is -0.134. The number of nitrogens with one attached hydrogen (secondary N) is 2. The highest BCUT2D eigenvalue weighted by atomic mass is 35.5. The average Bonchev–Trinajstić information content (AvgIpc) is 3.13. The van der Waals surface area contributed by atoms with Crippen LogP contribution in [0.25, 0.3) is 0 Å². The molecular formula is C20H23ClN4O3S. The smallest absolute Gasteiger partial charge is 0.251 e. The van der Waals surface area contributed by atoms with Crippen molar-refractivity contribution in [1.82, 2.24) is 15.2 Å². The van der Waals surface area contributed by atoms with E-state index < -0.39 is 0 Å². The Morgan fingerprint density at radius 3 is 2.52 bits per heavy atom. The Labute approximate surface area is 178 Å². The van der Waals surface area contributed by atoms with Gasteiger partial charge in [0.2, 0.25) is 11.8 Å². The third-order valence-corrected chi connectivity index (χ3v) is 5.93. The standard InChI is InChI=1S/C20H23ClN4O3S/c1-13-12-29-20(23-13)24-19(28)15-7-10-25(11-8-15)17(26)6-9-22-18(27)14-2-4-16(21)5-3-14/h2-5,12,15H,6-11H2,1H3,(H,22,27)(H,23,24,28). The van der Waals surface area contributed by atoms with Crippen LogP contribution in [0, 0.1) is 12.8 Å². The number of carbonyl (C=O) groups excluding carboxylic acids is 3. The molecule has 1 aliphatic heterocycles. The minimum Gasteiger partial charge on any atom is -0.352 e. The van der Waals surface area contributed by atoms with Crippen molar-refractivity contribution in [2.75, 3.05) is 25.0 Å². The van der Waals surface area contributed by atoms with E-state index in [-0.39, 0.29) is 36.6 Å². The molecule has 0 spiro atoms. The van der Waals surface area contributed by atoms with Crippen LogP contribution in [0.4, 0.5) is 5.13 Å². The van der Waals surface area contributed by atoms with Crippen LogP contribution in [0.15, 0.2) is 29.6 Å². The van der Waals surface area contributed by atoms with Gasteiger partial charge < -0.3 is 15.5 Å². The van der Waals surface area contributed by atoms with E-state index in [1.807, 2.05) is 12.3 Å². The van der Waals surface area contributed by atoms with Gasteiger partial charge in [0.1, 0.15) is 0 Å². The quantitative estimate of drug-likeness (QED) is 0.730. The summed E-state index contributed by atoms with van der Waals surface area (Å²) in [5.41, 5.74) is 1.39. The zero-order valence-corrected chi connectivity index (χ0v) is 17.7. The molecule has 2 aromatic rings. The predicted molar refractivity (Wildman–Crippen MR) is 113 cm³/mol. The van der Waals surface area contributed by atoms with Crippen LogP contribution < -0.4 is 10.6 Å². The molecule has 3 rings (SSSR count). The van der Waals surface area contributed by atoms with E-state index >= 15 is 0 Å². The van der Waals surface area contributed by atoms with Gasteiger partial charge in [-0.05, 0) is 44.0 Å². The van der Waals surface area contributed by atoms with Gasteiger partial charge in [-0.2, -0.15) is 0 Å². The fourth-order valence-corrected chi connectivity index (χ4v) is 3.97. The van der Waals surface area contributed by atoms with Crippen LogP contribution in [0.5, 0.6) is 0 Å². The van der Waals surface area contributed by atoms with E-state index in [2.05, 4.69) is 15.6 Å². The molecule has 0 radical (unpaired) electrons. The summed E-state index contributed by atoms with van der Waals surface area (Å²) in [6.45, 7) is 3.23. The highest BCUT2D eigenvalue weighted by Crippen LogP contribution is 2.21. The summed E-state index contributed by atoms with van der Waals surface area (Å²) >= 11 is 7.22. The maximum Gasteiger partial charge on any atom is 0.251 e. The van der Waals surface area contributed by atoms with Gasteiger partial charge in [-0.3, -0.25) is 14.4 Å². The van der Waals surface area contributed by atoms with Gasteiger partial charge in [0.25, 0.3) is 5.91 Å². The van der Waals surface area contributed by atoms with Crippen molar-refractivity contribution >= 4 is 45.8 Å². The van der Waals surface area contributed by atoms with Gasteiger partial charge in [0.05, 0.1) is 5.69 Å². The lowest BCUT2D eigenvalue weighted by Crippen LogP contribution is -2.42. The fourth-order valence-electron chi connectivity index (χ4n) is 3.15. The number of likely N-dealkylation sites (tertiary alicyclic amines) is 1. The molecule has 1 aliphatic rings. The lowest BCUT2D eigenvalue weighted by Gasteiger charge is -2.31. The Morgan fingerprint density at radius 2 is 1.90 bits per heavy atom. The first-order valence-corrected chi connectivity index (χ1v) is 10.7. The maximum atomic E-state index is 12.4. The summed E-state index contributed by atoms with van der Waals surface area (Å²) in [5.74, 6) is -0.410. The van der Waals surface area contributed by atoms with Crippen molar-refractivity contribution in [3.05, 3.63) is 45.9 Å². The number of nitrogens with zero attached hydrogens (tertiary/aromatic N) is 2. The third kappa shape index (κ3) is 6.01. The Kier molecular flexibility index (Phi) is 7.22. The summed E-state index contributed by atoms with van der Waals surface area (Å²) in [5, 5.41) is 8.67. The molecule has 0 saturated carbocycles. The van der Waals surface area contributed by atoms with Gasteiger partial charge >= 0.3 is 0 Å². The van der Waals surface area contributed by atoms with Crippen molar-refractivity contribution < 1.29 is 14.4 Å². The van der Waals surface area contributed by atoms with Gasteiger partial charge in [0.15, 0.2) is 5.13 Å². The second kappa shape index (κ2) is 9.84. The second-order valence-corrected chi connectivity index (χ2v) is 8.25. The number of carbonyl (C=O) groups is 3. The fraction of sp³-hybridized carbons (Fsp3) is 0.400. The average molecular weight is 435 g/mol. The molecule has 2 heterocycles. The highest BCUT2D eigenvalue weighted by molar-refractivity contribution is 7.13. The molecule has 0 unspecified atom stereocenters. The monoisotopic (exact) mass is 434 g/mol. The maximum absolute atomic E-state index is 12.4. The van der Waals surface area contributed by atoms with Crippen LogP contribution in [-0.2, 0) is 9.59 Å². The van der Waals surface area contributed by atoms with Gasteiger partial charge in [-0.15, -0.1) is 11.3 Å². The molecule has 0 aliphatic carbocycles. The number of thiazole rings is 1. The molecule has 0 bridgehead atoms. The summed E-state index contributed by atoms with van der Waals surface area (Å²) in [4.78, 5) is 42.8. The number of hydrogen-bond donors (Lipinski definition) is 2. The predicted octanol–water partition coefficient (Wildman–Crippen LogP) is 3.10. The number of anilines is 1. The largest absolute Gasteiger partial charge is 0.352 e. The van der Waals surface area contributed by atoms with Crippen molar-refractivity contribution in [2.24, 2.45) is 5.92 Å². The molecule has 29 heavy (non-hydrogen) atoms. The summed E-state index contributed by atoms with van der Waals surface area (Å²) < 4.78 is 0. The molecule has 2 N–H and O–H groups in total. The Bertz CT molecular complexity index is 876. The molecule has 1 fully saturated rings. The first-order chi connectivity index (χ1) is 13.9. The van der Waals surface area contributed by atoms with Crippen LogP contribution >= 0.6 is 22.9 Å². The normalized spacial score (nSPS) is 14.5. The zero-order valence-electron chi connectivity index (χ0n) is 16.1. The van der Waals surface area contributed by atoms with E-state index in [1.165, 1.54) is 11.3 Å². The molecule has 7 nitrogen and oxygen atoms in total. The Hall–Kier alpha value is -2.45. The summed E-state index contributed by atoms with van der Waals surface area (Å²) in [7, 11) is 0. The Balaban J connectivity index is 1.37. The van der Waals surface area contributed by atoms with Crippen LogP contribution in [0.3, 0.4) is 0 Å². The van der Waals surface area contributed by atoms with Crippen LogP contribution in [-0.4, -0.2) is 47.2 Å². The number of piperidine rings is 1. The molecule has 9 heteroatoms. The summed E-state index contributed by atoms with van der Waals surface area (Å²) in [6, 6.07) is 6.58. The molecule has 0 atom stereocenters. The zero-order chi connectivity index (χ0) is 20.8. The van der Waals surface area contributed by atoms with Crippen molar-refractivity contribution in [1.29, 1.82) is 0 Å². The number of benzene rings is 1. The molecule has 3 amide bonds. The first-order valence-electron chi connectivity index (χ1n) is 9.47. The van der Waals surface area contributed by atoms with E-state index in [1.54, 1.807) is 29.2 Å². The molecule has 1 aromatic carbocycles. The number of aromatic nitrogens is 1. The topological polar surface area (TPSA) is 91.4 Å². The van der Waals surface area contributed by atoms with E-state index in [4.69, 9.17) is 11.6 Å². The van der Waals surface area contributed by atoms with Gasteiger partial charge in [0, 0.05) is 47.9 Å². The van der Waals surface area contributed by atoms with Gasteiger partial charge in [-0.25, -0.2) is 4.98 Å². The molecule has 1 saturated heterocycles. The Morgan fingerprint density at radius 1 is 1.21 bits per heavy atom. The van der Waals surface area contributed by atoms with E-state index in [0.717, 1.165) is 5.69 Å². The summed E-state index contributed by atoms with van der Waals surface area (Å²) in [6.07, 6.45) is 1.48. The number of hydrogen-bond acceptors (Lipinski definition) is 5. The minimum absolute atomic E-state index is 0.0178. The third-order valence-electron chi connectivity index (χ3n) is 4.80. The molecule has 1 aromatic heterocycles. The van der Waals surface area contributed by atoms with E-state index in [9.17, 15) is 14.4 Å². The number of halogens is 1.